The zero-order chi connectivity index (χ0) is 6.57. The minimum atomic E-state index is -2.04. The van der Waals surface area contributed by atoms with Crippen LogP contribution in [-0.4, -0.2) is 13.8 Å². The van der Waals surface area contributed by atoms with Crippen molar-refractivity contribution in [1.29, 1.82) is 0 Å². The van der Waals surface area contributed by atoms with Gasteiger partial charge in [0.25, 0.3) is 0 Å². The van der Waals surface area contributed by atoms with Crippen LogP contribution in [0.4, 0.5) is 0 Å². The van der Waals surface area contributed by atoms with Crippen molar-refractivity contribution in [3.63, 3.8) is 0 Å². The molecular formula is C5H8O2S. The zero-order valence-electron chi connectivity index (χ0n) is 4.88. The molecule has 0 saturated heterocycles. The van der Waals surface area contributed by atoms with Gasteiger partial charge in [0.1, 0.15) is 0 Å². The fourth-order valence-corrected chi connectivity index (χ4v) is 0.575. The molecule has 0 bridgehead atoms. The first-order valence-corrected chi connectivity index (χ1v) is 3.33. The Labute approximate surface area is 50.4 Å². The van der Waals surface area contributed by atoms with Gasteiger partial charge in [-0.25, -0.2) is 0 Å². The van der Waals surface area contributed by atoms with E-state index in [9.17, 15) is 8.42 Å². The van der Waals surface area contributed by atoms with E-state index < -0.39 is 10.3 Å². The molecule has 46 valence electrons. The fourth-order valence-electron chi connectivity index (χ4n) is 0.192. The van der Waals surface area contributed by atoms with E-state index in [0.717, 1.165) is 10.9 Å². The lowest BCUT2D eigenvalue weighted by atomic mass is 10.3. The van der Waals surface area contributed by atoms with Gasteiger partial charge in [0, 0.05) is 0 Å². The standard InChI is InChI=1S/C5H8O2S/c1-5(2)3-4-8(6)7/h3-4H,1-2H3. The van der Waals surface area contributed by atoms with Gasteiger partial charge in [-0.2, -0.15) is 8.42 Å². The Hall–Kier alpha value is -0.570. The van der Waals surface area contributed by atoms with Crippen LogP contribution < -0.4 is 0 Å². The van der Waals surface area contributed by atoms with Gasteiger partial charge in [-0.1, -0.05) is 5.57 Å². The first kappa shape index (κ1) is 7.43. The van der Waals surface area contributed by atoms with Crippen LogP contribution >= 0.6 is 0 Å². The highest BCUT2D eigenvalue weighted by Crippen LogP contribution is 1.82. The lowest BCUT2D eigenvalue weighted by Gasteiger charge is -1.75. The van der Waals surface area contributed by atoms with E-state index in [-0.39, 0.29) is 0 Å². The molecular weight excluding hydrogens is 124 g/mol. The van der Waals surface area contributed by atoms with E-state index in [1.807, 2.05) is 13.8 Å². The Morgan fingerprint density at radius 1 is 1.38 bits per heavy atom. The normalized spacial score (nSPS) is 7.75. The molecule has 0 spiro atoms. The molecule has 0 radical (unpaired) electrons. The second-order valence-electron chi connectivity index (χ2n) is 1.64. The van der Waals surface area contributed by atoms with Crippen molar-refractivity contribution in [2.75, 3.05) is 0 Å². The molecule has 0 fully saturated rings. The van der Waals surface area contributed by atoms with Crippen LogP contribution in [0.15, 0.2) is 11.6 Å². The summed E-state index contributed by atoms with van der Waals surface area (Å²) >= 11 is 0. The van der Waals surface area contributed by atoms with Crippen LogP contribution in [0.2, 0.25) is 0 Å². The Kier molecular flexibility index (Phi) is 3.19. The molecule has 0 aliphatic carbocycles. The summed E-state index contributed by atoms with van der Waals surface area (Å²) in [6.45, 7) is 3.67. The number of rotatable bonds is 1. The van der Waals surface area contributed by atoms with E-state index in [4.69, 9.17) is 0 Å². The van der Waals surface area contributed by atoms with Crippen molar-refractivity contribution in [2.45, 2.75) is 13.8 Å². The SMILES string of the molecule is CC(C)=CC=S(=O)=O. The molecule has 0 unspecified atom stereocenters. The van der Waals surface area contributed by atoms with Crippen molar-refractivity contribution in [3.05, 3.63) is 11.6 Å². The Balaban J connectivity index is 4.19. The summed E-state index contributed by atoms with van der Waals surface area (Å²) in [7, 11) is -2.04. The maximum absolute atomic E-state index is 9.80. The van der Waals surface area contributed by atoms with Gasteiger partial charge in [-0.15, -0.1) is 0 Å². The van der Waals surface area contributed by atoms with Crippen LogP contribution in [-0.2, 0) is 10.3 Å². The summed E-state index contributed by atoms with van der Waals surface area (Å²) in [5.41, 5.74) is 0.981. The Morgan fingerprint density at radius 2 is 1.88 bits per heavy atom. The summed E-state index contributed by atoms with van der Waals surface area (Å²) in [6, 6.07) is 0. The van der Waals surface area contributed by atoms with Gasteiger partial charge in [0.2, 0.25) is 10.3 Å². The molecule has 3 heteroatoms. The topological polar surface area (TPSA) is 34.1 Å². The third-order valence-electron chi connectivity index (χ3n) is 0.512. The summed E-state index contributed by atoms with van der Waals surface area (Å²) < 4.78 is 19.6. The summed E-state index contributed by atoms with van der Waals surface area (Å²) in [6.07, 6.45) is 1.54. The van der Waals surface area contributed by atoms with E-state index >= 15 is 0 Å². The predicted octanol–water partition coefficient (Wildman–Crippen LogP) is 0.634. The van der Waals surface area contributed by atoms with Gasteiger partial charge in [0.05, 0.1) is 5.37 Å². The maximum Gasteiger partial charge on any atom is 0.214 e. The van der Waals surface area contributed by atoms with Gasteiger partial charge >= 0.3 is 0 Å². The first-order chi connectivity index (χ1) is 3.63. The lowest BCUT2D eigenvalue weighted by molar-refractivity contribution is 0.627. The minimum Gasteiger partial charge on any atom is -0.185 e. The average molecular weight is 132 g/mol. The summed E-state index contributed by atoms with van der Waals surface area (Å²) in [5.74, 6) is 0. The highest BCUT2D eigenvalue weighted by molar-refractivity contribution is 7.71. The van der Waals surface area contributed by atoms with Gasteiger partial charge < -0.3 is 0 Å². The monoisotopic (exact) mass is 132 g/mol. The van der Waals surface area contributed by atoms with E-state index in [1.165, 1.54) is 0 Å². The average Bonchev–Trinajstić information content (AvgIpc) is 1.61. The minimum absolute atomic E-state index is 0.981. The van der Waals surface area contributed by atoms with Crippen molar-refractivity contribution in [2.24, 2.45) is 0 Å². The molecule has 2 nitrogen and oxygen atoms in total. The first-order valence-electron chi connectivity index (χ1n) is 2.19. The molecule has 0 rings (SSSR count). The van der Waals surface area contributed by atoms with Gasteiger partial charge in [0.15, 0.2) is 0 Å². The summed E-state index contributed by atoms with van der Waals surface area (Å²) in [4.78, 5) is 0. The van der Waals surface area contributed by atoms with E-state index in [0.29, 0.717) is 0 Å². The largest absolute Gasteiger partial charge is 0.214 e. The third-order valence-corrected chi connectivity index (χ3v) is 0.871. The second kappa shape index (κ2) is 3.43. The molecule has 8 heavy (non-hydrogen) atoms. The Bertz CT molecular complexity index is 197. The van der Waals surface area contributed by atoms with E-state index in [2.05, 4.69) is 0 Å². The number of hydrogen-bond acceptors (Lipinski definition) is 2. The molecule has 0 amide bonds. The highest BCUT2D eigenvalue weighted by atomic mass is 32.2. The molecule has 0 saturated carbocycles. The second-order valence-corrected chi connectivity index (χ2v) is 2.43. The molecule has 0 aromatic carbocycles. The third kappa shape index (κ3) is 5.43. The summed E-state index contributed by atoms with van der Waals surface area (Å²) in [5, 5.41) is 1.12. The van der Waals surface area contributed by atoms with E-state index in [1.54, 1.807) is 6.08 Å². The van der Waals surface area contributed by atoms with Crippen molar-refractivity contribution in [1.82, 2.24) is 0 Å². The van der Waals surface area contributed by atoms with Gasteiger partial charge in [-0.05, 0) is 19.9 Å². The zero-order valence-corrected chi connectivity index (χ0v) is 5.70. The molecule has 0 aliphatic rings. The molecule has 0 heterocycles. The van der Waals surface area contributed by atoms with Crippen LogP contribution in [0.25, 0.3) is 0 Å². The fraction of sp³-hybridized carbons (Fsp3) is 0.400. The number of allylic oxidation sites excluding steroid dienone is 2. The predicted molar refractivity (Wildman–Crippen MR) is 34.4 cm³/mol. The molecule has 0 N–H and O–H groups in total. The molecule has 0 atom stereocenters. The van der Waals surface area contributed by atoms with Crippen molar-refractivity contribution < 1.29 is 8.42 Å². The Morgan fingerprint density at radius 3 is 2.00 bits per heavy atom. The van der Waals surface area contributed by atoms with Crippen LogP contribution in [0.3, 0.4) is 0 Å². The van der Waals surface area contributed by atoms with Crippen LogP contribution in [0.5, 0.6) is 0 Å². The quantitative estimate of drug-likeness (QED) is 0.387. The van der Waals surface area contributed by atoms with Gasteiger partial charge in [-0.3, -0.25) is 0 Å². The molecule has 0 aromatic heterocycles. The molecule has 0 aliphatic heterocycles. The maximum atomic E-state index is 9.80. The van der Waals surface area contributed by atoms with Crippen molar-refractivity contribution >= 4 is 15.7 Å². The van der Waals surface area contributed by atoms with Crippen molar-refractivity contribution in [3.8, 4) is 0 Å². The lowest BCUT2D eigenvalue weighted by Crippen LogP contribution is -1.68. The van der Waals surface area contributed by atoms with Crippen LogP contribution in [0.1, 0.15) is 13.8 Å². The number of hydrogen-bond donors (Lipinski definition) is 0. The highest BCUT2D eigenvalue weighted by Gasteiger charge is 1.69. The van der Waals surface area contributed by atoms with Crippen LogP contribution in [0, 0.1) is 0 Å². The molecule has 0 aromatic rings. The smallest absolute Gasteiger partial charge is 0.185 e.